The summed E-state index contributed by atoms with van der Waals surface area (Å²) in [5, 5.41) is 0.292. The first-order chi connectivity index (χ1) is 6.38. The van der Waals surface area contributed by atoms with Crippen LogP contribution in [0.4, 0.5) is 0 Å². The van der Waals surface area contributed by atoms with Gasteiger partial charge < -0.3 is 9.47 Å². The molecule has 2 nitrogen and oxygen atoms in total. The Labute approximate surface area is 82.8 Å². The predicted octanol–water partition coefficient (Wildman–Crippen LogP) is 1.65. The van der Waals surface area contributed by atoms with E-state index in [1.54, 1.807) is 0 Å². The minimum absolute atomic E-state index is 0.292. The highest BCUT2D eigenvalue weighted by atomic mass is 35.5. The van der Waals surface area contributed by atoms with Crippen molar-refractivity contribution in [1.29, 1.82) is 0 Å². The Bertz CT molecular complexity index is 219. The molecule has 4 atom stereocenters. The molecule has 0 spiro atoms. The maximum absolute atomic E-state index is 6.33. The van der Waals surface area contributed by atoms with Gasteiger partial charge in [0.25, 0.3) is 0 Å². The number of hydrogen-bond acceptors (Lipinski definition) is 2. The van der Waals surface area contributed by atoms with Crippen molar-refractivity contribution < 1.29 is 9.47 Å². The molecule has 3 aliphatic rings. The van der Waals surface area contributed by atoms with Gasteiger partial charge in [0.2, 0.25) is 0 Å². The molecule has 0 radical (unpaired) electrons. The first kappa shape index (κ1) is 8.27. The highest BCUT2D eigenvalue weighted by Gasteiger charge is 2.51. The van der Waals surface area contributed by atoms with E-state index in [9.17, 15) is 0 Å². The highest BCUT2D eigenvalue weighted by molar-refractivity contribution is 6.21. The molecule has 3 heteroatoms. The lowest BCUT2D eigenvalue weighted by atomic mass is 9.84. The molecule has 1 aliphatic heterocycles. The van der Waals surface area contributed by atoms with E-state index < -0.39 is 0 Å². The lowest BCUT2D eigenvalue weighted by molar-refractivity contribution is -0.0404. The van der Waals surface area contributed by atoms with Crippen LogP contribution in [0, 0.1) is 23.7 Å². The highest BCUT2D eigenvalue weighted by Crippen LogP contribution is 2.51. The average molecular weight is 201 g/mol. The molecule has 0 aromatic carbocycles. The molecule has 0 aromatic heterocycles. The lowest BCUT2D eigenvalue weighted by Crippen LogP contribution is -2.24. The van der Waals surface area contributed by atoms with E-state index in [0.29, 0.717) is 35.8 Å². The zero-order chi connectivity index (χ0) is 8.84. The summed E-state index contributed by atoms with van der Waals surface area (Å²) in [5.41, 5.74) is 0. The minimum atomic E-state index is 0.292. The van der Waals surface area contributed by atoms with Crippen molar-refractivity contribution in [1.82, 2.24) is 0 Å². The third-order valence-corrected chi connectivity index (χ3v) is 4.20. The average Bonchev–Trinajstić information content (AvgIpc) is 2.51. The van der Waals surface area contributed by atoms with Gasteiger partial charge in [-0.3, -0.25) is 0 Å². The fraction of sp³-hybridized carbons (Fsp3) is 0.800. The summed E-state index contributed by atoms with van der Waals surface area (Å²) in [6, 6.07) is 0. The number of hydrogen-bond donors (Lipinski definition) is 0. The van der Waals surface area contributed by atoms with E-state index in [0.717, 1.165) is 13.2 Å². The van der Waals surface area contributed by atoms with Crippen LogP contribution in [0.2, 0.25) is 0 Å². The van der Waals surface area contributed by atoms with Gasteiger partial charge >= 0.3 is 0 Å². The molecule has 1 heterocycles. The zero-order valence-electron chi connectivity index (χ0n) is 7.36. The number of ether oxygens (including phenoxy) is 2. The zero-order valence-corrected chi connectivity index (χ0v) is 8.11. The molecule has 72 valence electrons. The van der Waals surface area contributed by atoms with E-state index in [4.69, 9.17) is 21.1 Å². The van der Waals surface area contributed by atoms with E-state index >= 15 is 0 Å². The predicted molar refractivity (Wildman–Crippen MR) is 49.5 cm³/mol. The van der Waals surface area contributed by atoms with Crippen molar-refractivity contribution >= 4 is 11.6 Å². The number of halogens is 1. The molecule has 4 unspecified atom stereocenters. The van der Waals surface area contributed by atoms with Crippen LogP contribution in [-0.4, -0.2) is 25.4 Å². The Balaban J connectivity index is 1.88. The second-order valence-electron chi connectivity index (χ2n) is 4.17. The molecule has 2 bridgehead atoms. The Hall–Kier alpha value is -0.0500. The monoisotopic (exact) mass is 200 g/mol. The van der Waals surface area contributed by atoms with Gasteiger partial charge in [-0.1, -0.05) is 12.2 Å². The number of rotatable bonds is 0. The van der Waals surface area contributed by atoms with Gasteiger partial charge in [-0.15, -0.1) is 11.6 Å². The number of fused-ring (bicyclic) bond motifs is 5. The summed E-state index contributed by atoms with van der Waals surface area (Å²) in [7, 11) is 0. The second-order valence-corrected chi connectivity index (χ2v) is 4.68. The van der Waals surface area contributed by atoms with Crippen LogP contribution < -0.4 is 0 Å². The van der Waals surface area contributed by atoms with Gasteiger partial charge in [0, 0.05) is 5.38 Å². The van der Waals surface area contributed by atoms with Crippen LogP contribution >= 0.6 is 11.6 Å². The summed E-state index contributed by atoms with van der Waals surface area (Å²) in [5.74, 6) is 2.25. The van der Waals surface area contributed by atoms with Gasteiger partial charge in [0.1, 0.15) is 6.79 Å². The van der Waals surface area contributed by atoms with Crippen molar-refractivity contribution in [2.75, 3.05) is 20.0 Å². The first-order valence-corrected chi connectivity index (χ1v) is 5.29. The first-order valence-electron chi connectivity index (χ1n) is 4.86. The smallest absolute Gasteiger partial charge is 0.146 e. The summed E-state index contributed by atoms with van der Waals surface area (Å²) in [6.45, 7) is 2.10. The van der Waals surface area contributed by atoms with E-state index in [-0.39, 0.29) is 0 Å². The number of alkyl halides is 1. The molecule has 1 saturated carbocycles. The maximum Gasteiger partial charge on any atom is 0.146 e. The van der Waals surface area contributed by atoms with Crippen LogP contribution in [0.5, 0.6) is 0 Å². The van der Waals surface area contributed by atoms with Gasteiger partial charge in [-0.05, 0) is 23.7 Å². The molecule has 2 fully saturated rings. The van der Waals surface area contributed by atoms with Crippen LogP contribution in [0.25, 0.3) is 0 Å². The maximum atomic E-state index is 6.33. The summed E-state index contributed by atoms with van der Waals surface area (Å²) in [4.78, 5) is 0. The second kappa shape index (κ2) is 2.97. The summed E-state index contributed by atoms with van der Waals surface area (Å²) < 4.78 is 10.8. The molecule has 0 N–H and O–H groups in total. The van der Waals surface area contributed by atoms with E-state index in [1.165, 1.54) is 0 Å². The number of allylic oxidation sites excluding steroid dienone is 2. The molecular weight excluding hydrogens is 188 g/mol. The SMILES string of the molecule is ClC1C2C=CC1C1COCOCC21. The quantitative estimate of drug-likeness (QED) is 0.437. The van der Waals surface area contributed by atoms with Crippen molar-refractivity contribution in [3.63, 3.8) is 0 Å². The molecule has 1 saturated heterocycles. The Morgan fingerprint density at radius 3 is 2.08 bits per heavy atom. The fourth-order valence-corrected chi connectivity index (χ4v) is 3.49. The van der Waals surface area contributed by atoms with Crippen molar-refractivity contribution in [3.8, 4) is 0 Å². The van der Waals surface area contributed by atoms with Gasteiger partial charge in [0.05, 0.1) is 13.2 Å². The van der Waals surface area contributed by atoms with Gasteiger partial charge in [0.15, 0.2) is 0 Å². The van der Waals surface area contributed by atoms with Gasteiger partial charge in [-0.25, -0.2) is 0 Å². The normalized spacial score (nSPS) is 53.5. The van der Waals surface area contributed by atoms with E-state index in [2.05, 4.69) is 12.2 Å². The Morgan fingerprint density at radius 2 is 1.54 bits per heavy atom. The molecule has 0 aromatic rings. The topological polar surface area (TPSA) is 18.5 Å². The lowest BCUT2D eigenvalue weighted by Gasteiger charge is -2.23. The molecular formula is C10H13ClO2. The fourth-order valence-electron chi connectivity index (χ4n) is 2.95. The van der Waals surface area contributed by atoms with Gasteiger partial charge in [-0.2, -0.15) is 0 Å². The minimum Gasteiger partial charge on any atom is -0.355 e. The standard InChI is InChI=1S/C10H13ClO2/c11-10-6-1-2-7(10)9-4-13-5-12-3-8(6)9/h1-2,6-10H,3-5H2. The van der Waals surface area contributed by atoms with Crippen molar-refractivity contribution in [2.45, 2.75) is 5.38 Å². The molecule has 0 amide bonds. The molecule has 2 aliphatic carbocycles. The summed E-state index contributed by atoms with van der Waals surface area (Å²) in [6.07, 6.45) is 4.52. The molecule has 13 heavy (non-hydrogen) atoms. The van der Waals surface area contributed by atoms with Crippen LogP contribution in [-0.2, 0) is 9.47 Å². The largest absolute Gasteiger partial charge is 0.355 e. The third-order valence-electron chi connectivity index (χ3n) is 3.62. The molecule has 3 rings (SSSR count). The van der Waals surface area contributed by atoms with Crippen LogP contribution in [0.1, 0.15) is 0 Å². The Morgan fingerprint density at radius 1 is 1.00 bits per heavy atom. The van der Waals surface area contributed by atoms with Crippen molar-refractivity contribution in [3.05, 3.63) is 12.2 Å². The summed E-state index contributed by atoms with van der Waals surface area (Å²) >= 11 is 6.33. The van der Waals surface area contributed by atoms with Crippen LogP contribution in [0.3, 0.4) is 0 Å². The van der Waals surface area contributed by atoms with Crippen LogP contribution in [0.15, 0.2) is 12.2 Å². The van der Waals surface area contributed by atoms with E-state index in [1.807, 2.05) is 0 Å². The van der Waals surface area contributed by atoms with Crippen molar-refractivity contribution in [2.24, 2.45) is 23.7 Å². The third kappa shape index (κ3) is 1.09. The Kier molecular flexibility index (Phi) is 1.89.